The standard InChI is InChI=1S/C15H21N5/c16-20-15-18-13-9-5-4-8-12(13)14(19-15)17-10-11-6-2-1-3-7-11/h4-5,8-9,11H,1-3,6-7,10,16H2,(H2,17,18,19,20). The third-order valence-electron chi connectivity index (χ3n) is 4.02. The molecule has 0 radical (unpaired) electrons. The number of nitrogens with two attached hydrogens (primary N) is 1. The fourth-order valence-electron chi connectivity index (χ4n) is 2.91. The Labute approximate surface area is 119 Å². The summed E-state index contributed by atoms with van der Waals surface area (Å²) in [6.07, 6.45) is 6.73. The molecule has 0 aliphatic heterocycles. The molecule has 0 unspecified atom stereocenters. The lowest BCUT2D eigenvalue weighted by Gasteiger charge is -2.22. The molecule has 3 rings (SSSR count). The van der Waals surface area contributed by atoms with Crippen molar-refractivity contribution in [1.82, 2.24) is 9.97 Å². The van der Waals surface area contributed by atoms with Crippen molar-refractivity contribution in [3.8, 4) is 0 Å². The van der Waals surface area contributed by atoms with Crippen LogP contribution in [0.15, 0.2) is 24.3 Å². The van der Waals surface area contributed by atoms with E-state index in [1.807, 2.05) is 24.3 Å². The second-order valence-electron chi connectivity index (χ2n) is 5.44. The molecular formula is C15H21N5. The van der Waals surface area contributed by atoms with E-state index in [-0.39, 0.29) is 0 Å². The van der Waals surface area contributed by atoms with E-state index in [2.05, 4.69) is 20.7 Å². The van der Waals surface area contributed by atoms with Crippen LogP contribution in [-0.4, -0.2) is 16.5 Å². The molecule has 1 heterocycles. The lowest BCUT2D eigenvalue weighted by atomic mass is 9.89. The maximum Gasteiger partial charge on any atom is 0.239 e. The highest BCUT2D eigenvalue weighted by Gasteiger charge is 2.14. The Morgan fingerprint density at radius 3 is 2.70 bits per heavy atom. The first-order valence-electron chi connectivity index (χ1n) is 7.34. The summed E-state index contributed by atoms with van der Waals surface area (Å²) in [5.74, 6) is 7.53. The molecule has 106 valence electrons. The number of aromatic nitrogens is 2. The van der Waals surface area contributed by atoms with Crippen molar-refractivity contribution in [2.45, 2.75) is 32.1 Å². The van der Waals surface area contributed by atoms with E-state index in [0.29, 0.717) is 5.95 Å². The molecule has 20 heavy (non-hydrogen) atoms. The highest BCUT2D eigenvalue weighted by molar-refractivity contribution is 5.89. The van der Waals surface area contributed by atoms with Crippen molar-refractivity contribution in [3.05, 3.63) is 24.3 Å². The van der Waals surface area contributed by atoms with Crippen LogP contribution in [-0.2, 0) is 0 Å². The molecule has 4 N–H and O–H groups in total. The molecule has 0 bridgehead atoms. The van der Waals surface area contributed by atoms with E-state index in [1.165, 1.54) is 32.1 Å². The predicted octanol–water partition coefficient (Wildman–Crippen LogP) is 2.91. The van der Waals surface area contributed by atoms with Gasteiger partial charge in [0.25, 0.3) is 0 Å². The first-order valence-corrected chi connectivity index (χ1v) is 7.34. The van der Waals surface area contributed by atoms with Crippen LogP contribution in [0.4, 0.5) is 11.8 Å². The summed E-state index contributed by atoms with van der Waals surface area (Å²) in [5, 5.41) is 4.53. The Bertz CT molecular complexity index is 577. The average Bonchev–Trinajstić information content (AvgIpc) is 2.53. The minimum absolute atomic E-state index is 0.454. The lowest BCUT2D eigenvalue weighted by Crippen LogP contribution is -2.19. The maximum absolute atomic E-state index is 5.45. The third-order valence-corrected chi connectivity index (χ3v) is 4.02. The van der Waals surface area contributed by atoms with E-state index in [9.17, 15) is 0 Å². The van der Waals surface area contributed by atoms with E-state index in [1.54, 1.807) is 0 Å². The minimum Gasteiger partial charge on any atom is -0.369 e. The van der Waals surface area contributed by atoms with Crippen LogP contribution in [0.1, 0.15) is 32.1 Å². The zero-order chi connectivity index (χ0) is 13.8. The average molecular weight is 271 g/mol. The van der Waals surface area contributed by atoms with Gasteiger partial charge >= 0.3 is 0 Å². The van der Waals surface area contributed by atoms with Gasteiger partial charge in [-0.2, -0.15) is 4.98 Å². The van der Waals surface area contributed by atoms with Gasteiger partial charge in [-0.25, -0.2) is 10.8 Å². The number of rotatable bonds is 4. The molecule has 0 spiro atoms. The van der Waals surface area contributed by atoms with Crippen molar-refractivity contribution in [2.24, 2.45) is 11.8 Å². The third kappa shape index (κ3) is 2.82. The van der Waals surface area contributed by atoms with E-state index in [4.69, 9.17) is 5.84 Å². The predicted molar refractivity (Wildman–Crippen MR) is 82.4 cm³/mol. The van der Waals surface area contributed by atoms with Crippen molar-refractivity contribution in [3.63, 3.8) is 0 Å². The molecule has 0 atom stereocenters. The molecule has 1 saturated carbocycles. The van der Waals surface area contributed by atoms with E-state index < -0.39 is 0 Å². The monoisotopic (exact) mass is 271 g/mol. The van der Waals surface area contributed by atoms with Crippen molar-refractivity contribution in [1.29, 1.82) is 0 Å². The molecule has 1 aliphatic carbocycles. The molecule has 2 aromatic rings. The smallest absolute Gasteiger partial charge is 0.239 e. The Morgan fingerprint density at radius 2 is 1.90 bits per heavy atom. The van der Waals surface area contributed by atoms with Gasteiger partial charge in [0.05, 0.1) is 5.52 Å². The normalized spacial score (nSPS) is 16.2. The molecule has 0 amide bonds. The Balaban J connectivity index is 1.81. The summed E-state index contributed by atoms with van der Waals surface area (Å²) < 4.78 is 0. The molecule has 1 fully saturated rings. The van der Waals surface area contributed by atoms with Crippen LogP contribution in [0.5, 0.6) is 0 Å². The fraction of sp³-hybridized carbons (Fsp3) is 0.467. The van der Waals surface area contributed by atoms with Crippen LogP contribution in [0, 0.1) is 5.92 Å². The van der Waals surface area contributed by atoms with Crippen LogP contribution >= 0.6 is 0 Å². The van der Waals surface area contributed by atoms with Crippen molar-refractivity contribution in [2.75, 3.05) is 17.3 Å². The Hall–Kier alpha value is -1.88. The van der Waals surface area contributed by atoms with Gasteiger partial charge in [0, 0.05) is 11.9 Å². The van der Waals surface area contributed by atoms with Gasteiger partial charge in [-0.3, -0.25) is 5.43 Å². The largest absolute Gasteiger partial charge is 0.369 e. The summed E-state index contributed by atoms with van der Waals surface area (Å²) in [6, 6.07) is 8.00. The molecule has 5 heteroatoms. The molecule has 0 saturated heterocycles. The fourth-order valence-corrected chi connectivity index (χ4v) is 2.91. The number of para-hydroxylation sites is 1. The molecule has 1 aromatic heterocycles. The van der Waals surface area contributed by atoms with Crippen molar-refractivity contribution >= 4 is 22.7 Å². The van der Waals surface area contributed by atoms with E-state index >= 15 is 0 Å². The molecule has 1 aliphatic rings. The highest BCUT2D eigenvalue weighted by atomic mass is 15.3. The molecule has 5 nitrogen and oxygen atoms in total. The molecule has 1 aromatic carbocycles. The van der Waals surface area contributed by atoms with Crippen LogP contribution in [0.25, 0.3) is 10.9 Å². The first kappa shape index (κ1) is 13.1. The SMILES string of the molecule is NNc1nc(NCC2CCCCC2)c2ccccc2n1. The number of nitrogen functional groups attached to an aromatic ring is 1. The van der Waals surface area contributed by atoms with Gasteiger partial charge in [0.1, 0.15) is 5.82 Å². The number of hydrogen-bond acceptors (Lipinski definition) is 5. The second kappa shape index (κ2) is 6.05. The van der Waals surface area contributed by atoms with Gasteiger partial charge < -0.3 is 5.32 Å². The zero-order valence-electron chi connectivity index (χ0n) is 11.6. The summed E-state index contributed by atoms with van der Waals surface area (Å²) in [4.78, 5) is 8.81. The van der Waals surface area contributed by atoms with Crippen LogP contribution in [0.2, 0.25) is 0 Å². The topological polar surface area (TPSA) is 75.9 Å². The lowest BCUT2D eigenvalue weighted by molar-refractivity contribution is 0.373. The number of fused-ring (bicyclic) bond motifs is 1. The second-order valence-corrected chi connectivity index (χ2v) is 5.44. The summed E-state index contributed by atoms with van der Waals surface area (Å²) >= 11 is 0. The van der Waals surface area contributed by atoms with Gasteiger partial charge in [0.2, 0.25) is 5.95 Å². The van der Waals surface area contributed by atoms with E-state index in [0.717, 1.165) is 29.2 Å². The minimum atomic E-state index is 0.454. The van der Waals surface area contributed by atoms with Crippen LogP contribution < -0.4 is 16.6 Å². The number of benzene rings is 1. The molecular weight excluding hydrogens is 250 g/mol. The van der Waals surface area contributed by atoms with Gasteiger partial charge in [0.15, 0.2) is 0 Å². The number of nitrogens with one attached hydrogen (secondary N) is 2. The number of anilines is 2. The quantitative estimate of drug-likeness (QED) is 0.589. The summed E-state index contributed by atoms with van der Waals surface area (Å²) in [5.41, 5.74) is 3.44. The van der Waals surface area contributed by atoms with Crippen LogP contribution in [0.3, 0.4) is 0 Å². The Kier molecular flexibility index (Phi) is 3.97. The summed E-state index contributed by atoms with van der Waals surface area (Å²) in [7, 11) is 0. The zero-order valence-corrected chi connectivity index (χ0v) is 11.6. The maximum atomic E-state index is 5.45. The van der Waals surface area contributed by atoms with Gasteiger partial charge in [-0.1, -0.05) is 31.4 Å². The number of hydrazine groups is 1. The number of nitrogens with zero attached hydrogens (tertiary/aromatic N) is 2. The van der Waals surface area contributed by atoms with Gasteiger partial charge in [-0.05, 0) is 30.9 Å². The highest BCUT2D eigenvalue weighted by Crippen LogP contribution is 2.26. The summed E-state index contributed by atoms with van der Waals surface area (Å²) in [6.45, 7) is 0.977. The number of hydrogen-bond donors (Lipinski definition) is 3. The van der Waals surface area contributed by atoms with Crippen molar-refractivity contribution < 1.29 is 0 Å². The Morgan fingerprint density at radius 1 is 1.10 bits per heavy atom. The first-order chi connectivity index (χ1) is 9.86. The van der Waals surface area contributed by atoms with Gasteiger partial charge in [-0.15, -0.1) is 0 Å².